The van der Waals surface area contributed by atoms with Crippen molar-refractivity contribution in [2.24, 2.45) is 0 Å². The topological polar surface area (TPSA) is 86.8 Å². The Balaban J connectivity index is 1.66. The Morgan fingerprint density at radius 3 is 2.18 bits per heavy atom. The summed E-state index contributed by atoms with van der Waals surface area (Å²) in [5, 5.41) is 3.05. The van der Waals surface area contributed by atoms with Crippen LogP contribution in [0.2, 0.25) is 0 Å². The molecule has 0 radical (unpaired) electrons. The normalized spacial score (nSPS) is 14.5. The number of benzene rings is 3. The van der Waals surface area contributed by atoms with E-state index in [-0.39, 0.29) is 29.1 Å². The zero-order chi connectivity index (χ0) is 28.0. The molecule has 2 amide bonds. The van der Waals surface area contributed by atoms with Gasteiger partial charge in [-0.05, 0) is 68.7 Å². The number of sulfonamides is 1. The van der Waals surface area contributed by atoms with Crippen molar-refractivity contribution in [1.82, 2.24) is 10.2 Å². The number of hydrogen-bond donors (Lipinski definition) is 1. The van der Waals surface area contributed by atoms with E-state index in [2.05, 4.69) is 5.32 Å². The van der Waals surface area contributed by atoms with Gasteiger partial charge in [0.15, 0.2) is 0 Å². The van der Waals surface area contributed by atoms with Crippen LogP contribution in [0.1, 0.15) is 43.7 Å². The number of hydrogen-bond acceptors (Lipinski definition) is 4. The minimum atomic E-state index is -4.19. The van der Waals surface area contributed by atoms with Gasteiger partial charge in [-0.1, -0.05) is 60.9 Å². The molecule has 0 aliphatic heterocycles. The Morgan fingerprint density at radius 2 is 1.56 bits per heavy atom. The Labute approximate surface area is 229 Å². The predicted molar refractivity (Wildman–Crippen MR) is 149 cm³/mol. The molecule has 3 aromatic carbocycles. The summed E-state index contributed by atoms with van der Waals surface area (Å²) in [6.07, 6.45) is 3.90. The molecule has 4 rings (SSSR count). The van der Waals surface area contributed by atoms with Crippen LogP contribution in [0.15, 0.2) is 83.8 Å². The predicted octanol–water partition coefficient (Wildman–Crippen LogP) is 4.81. The fourth-order valence-electron chi connectivity index (χ4n) is 4.73. The second kappa shape index (κ2) is 12.4. The number of aryl methyl sites for hydroxylation is 1. The van der Waals surface area contributed by atoms with Gasteiger partial charge in [-0.15, -0.1) is 0 Å². The monoisotopic (exact) mass is 551 g/mol. The lowest BCUT2D eigenvalue weighted by atomic mass is 10.1. The van der Waals surface area contributed by atoms with E-state index in [9.17, 15) is 22.4 Å². The summed E-state index contributed by atoms with van der Waals surface area (Å²) in [5.74, 6) is -1.35. The highest BCUT2D eigenvalue weighted by molar-refractivity contribution is 7.92. The van der Waals surface area contributed by atoms with E-state index < -0.39 is 34.3 Å². The van der Waals surface area contributed by atoms with Crippen LogP contribution in [-0.2, 0) is 26.2 Å². The van der Waals surface area contributed by atoms with E-state index in [0.717, 1.165) is 53.2 Å². The van der Waals surface area contributed by atoms with Crippen molar-refractivity contribution < 1.29 is 22.4 Å². The lowest BCUT2D eigenvalue weighted by molar-refractivity contribution is -0.139. The van der Waals surface area contributed by atoms with Gasteiger partial charge in [0.1, 0.15) is 18.4 Å². The summed E-state index contributed by atoms with van der Waals surface area (Å²) in [5.41, 5.74) is 1.84. The second-order valence-electron chi connectivity index (χ2n) is 9.97. The van der Waals surface area contributed by atoms with Crippen LogP contribution in [0, 0.1) is 12.7 Å². The van der Waals surface area contributed by atoms with Crippen molar-refractivity contribution in [2.45, 2.75) is 63.1 Å². The zero-order valence-corrected chi connectivity index (χ0v) is 23.0. The molecule has 1 aliphatic rings. The van der Waals surface area contributed by atoms with Gasteiger partial charge in [-0.3, -0.25) is 13.9 Å². The van der Waals surface area contributed by atoms with Gasteiger partial charge in [0.05, 0.1) is 10.6 Å². The molecule has 39 heavy (non-hydrogen) atoms. The molecular formula is C30H34FN3O4S. The standard InChI is InChI=1S/C30H34FN3O4S/c1-22-12-18-28(19-13-22)39(37,38)34(27-16-14-25(31)15-17-27)21-29(35)33(20-24-8-4-3-5-9-24)23(2)30(36)32-26-10-6-7-11-26/h3-5,8-9,12-19,23,26H,6-7,10-11,20-21H2,1-2H3,(H,32,36). The summed E-state index contributed by atoms with van der Waals surface area (Å²) < 4.78 is 42.2. The SMILES string of the molecule is Cc1ccc(S(=O)(=O)N(CC(=O)N(Cc2ccccc2)C(C)C(=O)NC2CCCC2)c2ccc(F)cc2)cc1. The molecule has 1 unspecified atom stereocenters. The van der Waals surface area contributed by atoms with E-state index >= 15 is 0 Å². The fourth-order valence-corrected chi connectivity index (χ4v) is 6.14. The molecule has 1 atom stereocenters. The van der Waals surface area contributed by atoms with Gasteiger partial charge >= 0.3 is 0 Å². The van der Waals surface area contributed by atoms with Crippen molar-refractivity contribution in [3.63, 3.8) is 0 Å². The van der Waals surface area contributed by atoms with Gasteiger partial charge in [0.25, 0.3) is 10.0 Å². The molecule has 0 saturated heterocycles. The van der Waals surface area contributed by atoms with E-state index in [0.29, 0.717) is 0 Å². The molecule has 206 valence electrons. The molecular weight excluding hydrogens is 517 g/mol. The van der Waals surface area contributed by atoms with Crippen molar-refractivity contribution >= 4 is 27.5 Å². The molecule has 7 nitrogen and oxygen atoms in total. The van der Waals surface area contributed by atoms with E-state index in [1.165, 1.54) is 29.2 Å². The van der Waals surface area contributed by atoms with Crippen molar-refractivity contribution in [3.05, 3.63) is 95.8 Å². The molecule has 1 fully saturated rings. The third-order valence-corrected chi connectivity index (χ3v) is 8.86. The van der Waals surface area contributed by atoms with Crippen LogP contribution in [-0.4, -0.2) is 43.8 Å². The smallest absolute Gasteiger partial charge is 0.264 e. The van der Waals surface area contributed by atoms with E-state index in [1.807, 2.05) is 37.3 Å². The summed E-state index contributed by atoms with van der Waals surface area (Å²) >= 11 is 0. The first kappa shape index (κ1) is 28.3. The largest absolute Gasteiger partial charge is 0.352 e. The number of halogens is 1. The van der Waals surface area contributed by atoms with E-state index in [4.69, 9.17) is 0 Å². The minimum Gasteiger partial charge on any atom is -0.352 e. The van der Waals surface area contributed by atoms with Crippen LogP contribution in [0.4, 0.5) is 10.1 Å². The highest BCUT2D eigenvalue weighted by Gasteiger charge is 2.33. The molecule has 9 heteroatoms. The van der Waals surface area contributed by atoms with Crippen LogP contribution >= 0.6 is 0 Å². The van der Waals surface area contributed by atoms with Gasteiger partial charge in [0.2, 0.25) is 11.8 Å². The van der Waals surface area contributed by atoms with Crippen LogP contribution in [0.3, 0.4) is 0 Å². The highest BCUT2D eigenvalue weighted by atomic mass is 32.2. The Morgan fingerprint density at radius 1 is 0.949 bits per heavy atom. The molecule has 0 aromatic heterocycles. The Hall–Kier alpha value is -3.72. The third-order valence-electron chi connectivity index (χ3n) is 7.07. The number of amides is 2. The maximum Gasteiger partial charge on any atom is 0.264 e. The molecule has 1 N–H and O–H groups in total. The van der Waals surface area contributed by atoms with Crippen LogP contribution in [0.5, 0.6) is 0 Å². The summed E-state index contributed by atoms with van der Waals surface area (Å²) in [4.78, 5) is 28.5. The Kier molecular flexibility index (Phi) is 9.01. The molecule has 1 aliphatic carbocycles. The second-order valence-corrected chi connectivity index (χ2v) is 11.8. The molecule has 0 bridgehead atoms. The van der Waals surface area contributed by atoms with Crippen molar-refractivity contribution in [3.8, 4) is 0 Å². The van der Waals surface area contributed by atoms with Gasteiger partial charge in [-0.2, -0.15) is 0 Å². The number of rotatable bonds is 10. The number of anilines is 1. The summed E-state index contributed by atoms with van der Waals surface area (Å²) in [7, 11) is -4.19. The number of carbonyl (C=O) groups is 2. The van der Waals surface area contributed by atoms with E-state index in [1.54, 1.807) is 19.1 Å². The first-order chi connectivity index (χ1) is 18.6. The molecule has 0 heterocycles. The minimum absolute atomic E-state index is 0.00635. The summed E-state index contributed by atoms with van der Waals surface area (Å²) in [6.45, 7) is 3.06. The lowest BCUT2D eigenvalue weighted by Gasteiger charge is -2.32. The number of nitrogens with zero attached hydrogens (tertiary/aromatic N) is 2. The van der Waals surface area contributed by atoms with Gasteiger partial charge < -0.3 is 10.2 Å². The highest BCUT2D eigenvalue weighted by Crippen LogP contribution is 2.25. The average Bonchev–Trinajstić information content (AvgIpc) is 3.44. The van der Waals surface area contributed by atoms with Crippen molar-refractivity contribution in [1.29, 1.82) is 0 Å². The van der Waals surface area contributed by atoms with Gasteiger partial charge in [0, 0.05) is 12.6 Å². The first-order valence-corrected chi connectivity index (χ1v) is 14.6. The fraction of sp³-hybridized carbons (Fsp3) is 0.333. The number of carbonyl (C=O) groups excluding carboxylic acids is 2. The maximum absolute atomic E-state index is 13.9. The van der Waals surface area contributed by atoms with Crippen LogP contribution < -0.4 is 9.62 Å². The average molecular weight is 552 g/mol. The third kappa shape index (κ3) is 7.03. The molecule has 0 spiro atoms. The zero-order valence-electron chi connectivity index (χ0n) is 22.2. The van der Waals surface area contributed by atoms with Gasteiger partial charge in [-0.25, -0.2) is 12.8 Å². The van der Waals surface area contributed by atoms with Crippen molar-refractivity contribution in [2.75, 3.05) is 10.8 Å². The summed E-state index contributed by atoms with van der Waals surface area (Å²) in [6, 6.07) is 19.7. The van der Waals surface area contributed by atoms with Crippen LogP contribution in [0.25, 0.3) is 0 Å². The molecule has 3 aromatic rings. The Bertz CT molecular complexity index is 1370. The molecule has 1 saturated carbocycles. The first-order valence-electron chi connectivity index (χ1n) is 13.1. The quantitative estimate of drug-likeness (QED) is 0.392. The lowest BCUT2D eigenvalue weighted by Crippen LogP contribution is -2.52. The number of nitrogens with one attached hydrogen (secondary N) is 1. The maximum atomic E-state index is 13.9.